The van der Waals surface area contributed by atoms with Crippen molar-refractivity contribution in [2.24, 2.45) is 0 Å². The molecule has 0 saturated carbocycles. The Kier molecular flexibility index (Phi) is 27.8. The molecule has 2 aromatic rings. The van der Waals surface area contributed by atoms with E-state index < -0.39 is 18.1 Å². The van der Waals surface area contributed by atoms with Gasteiger partial charge in [-0.25, -0.2) is 9.59 Å². The number of nitrogens with one attached hydrogen (secondary N) is 2. The molecule has 0 aromatic heterocycles. The van der Waals surface area contributed by atoms with Crippen molar-refractivity contribution in [1.82, 2.24) is 10.6 Å². The molecule has 2 aromatic carbocycles. The molecule has 1 aliphatic carbocycles. The lowest BCUT2D eigenvalue weighted by molar-refractivity contribution is -0.139. The van der Waals surface area contributed by atoms with Gasteiger partial charge in [0, 0.05) is 19.6 Å². The molecule has 1 aliphatic rings. The Morgan fingerprint density at radius 2 is 0.983 bits per heavy atom. The summed E-state index contributed by atoms with van der Waals surface area (Å²) in [4.78, 5) is 36.4. The second-order valence-corrected chi connectivity index (χ2v) is 13.2. The van der Waals surface area contributed by atoms with E-state index in [9.17, 15) is 19.5 Å². The van der Waals surface area contributed by atoms with Crippen LogP contribution in [0.4, 0.5) is 4.79 Å². The summed E-state index contributed by atoms with van der Waals surface area (Å²) in [7, 11) is 1.64. The first kappa shape index (κ1) is 49.6. The lowest BCUT2D eigenvalue weighted by atomic mass is 9.98. The van der Waals surface area contributed by atoms with E-state index in [4.69, 9.17) is 52.1 Å². The predicted molar refractivity (Wildman–Crippen MR) is 216 cm³/mol. The molecule has 0 aliphatic heterocycles. The van der Waals surface area contributed by atoms with E-state index in [0.29, 0.717) is 132 Å². The molecule has 0 radical (unpaired) electrons. The molecule has 0 saturated heterocycles. The third-order valence-corrected chi connectivity index (χ3v) is 8.82. The highest BCUT2D eigenvalue weighted by atomic mass is 16.6. The fourth-order valence-electron chi connectivity index (χ4n) is 5.86. The Bertz CT molecular complexity index is 1370. The van der Waals surface area contributed by atoms with Gasteiger partial charge in [-0.3, -0.25) is 4.79 Å². The number of methoxy groups -OCH3 is 1. The molecule has 59 heavy (non-hydrogen) atoms. The molecule has 0 unspecified atom stereocenters. The first-order valence-electron chi connectivity index (χ1n) is 20.3. The zero-order chi connectivity index (χ0) is 42.0. The second-order valence-electron chi connectivity index (χ2n) is 13.2. The number of fused-ring (bicyclic) bond motifs is 3. The monoisotopic (exact) mass is 836 g/mol. The van der Waals surface area contributed by atoms with Gasteiger partial charge >= 0.3 is 12.1 Å². The minimum Gasteiger partial charge on any atom is -0.480 e. The van der Waals surface area contributed by atoms with Crippen LogP contribution in [-0.2, 0) is 61.7 Å². The predicted octanol–water partition coefficient (Wildman–Crippen LogP) is 3.06. The number of carbonyl (C=O) groups is 3. The second kappa shape index (κ2) is 33.0. The molecule has 2 amide bonds. The summed E-state index contributed by atoms with van der Waals surface area (Å²) in [6.45, 7) is 8.65. The van der Waals surface area contributed by atoms with Gasteiger partial charge in [0.1, 0.15) is 19.3 Å². The van der Waals surface area contributed by atoms with E-state index in [1.807, 2.05) is 48.5 Å². The summed E-state index contributed by atoms with van der Waals surface area (Å²) in [5, 5.41) is 14.8. The van der Waals surface area contributed by atoms with Crippen LogP contribution >= 0.6 is 0 Å². The lowest BCUT2D eigenvalue weighted by Crippen LogP contribution is -2.41. The van der Waals surface area contributed by atoms with Crippen LogP contribution in [0.25, 0.3) is 11.1 Å². The minimum atomic E-state index is -1.15. The molecule has 17 heteroatoms. The van der Waals surface area contributed by atoms with E-state index in [1.165, 1.54) is 0 Å². The number of amides is 2. The van der Waals surface area contributed by atoms with Gasteiger partial charge in [0.2, 0.25) is 5.91 Å². The Balaban J connectivity index is 1.03. The van der Waals surface area contributed by atoms with Gasteiger partial charge in [-0.2, -0.15) is 0 Å². The molecule has 0 heterocycles. The standard InChI is InChI=1S/C42H64N2O15/c1-49-14-15-50-16-17-51-18-19-52-20-21-53-22-23-54-24-25-55-26-27-56-28-29-57-30-31-58-33-40(45)43-13-7-6-12-39(41(46)47)44-42(48)59-32-38-36-10-4-2-8-34(36)35-9-3-5-11-37(35)38/h2-5,8-11,38-39H,6-7,12-33H2,1H3,(H,43,45)(H,44,48)(H,46,47)/t39-/m0/s1. The molecule has 332 valence electrons. The highest BCUT2D eigenvalue weighted by molar-refractivity contribution is 5.81. The first-order chi connectivity index (χ1) is 29.0. The average Bonchev–Trinajstić information content (AvgIpc) is 3.56. The maximum absolute atomic E-state index is 12.6. The van der Waals surface area contributed by atoms with Crippen LogP contribution in [-0.4, -0.2) is 175 Å². The number of carbonyl (C=O) groups excluding carboxylic acids is 2. The maximum Gasteiger partial charge on any atom is 0.407 e. The van der Waals surface area contributed by atoms with Crippen molar-refractivity contribution in [3.05, 3.63) is 59.7 Å². The molecular weight excluding hydrogens is 772 g/mol. The number of unbranched alkanes of at least 4 members (excludes halogenated alkanes) is 1. The maximum atomic E-state index is 12.6. The highest BCUT2D eigenvalue weighted by Gasteiger charge is 2.29. The molecule has 0 fully saturated rings. The molecule has 3 N–H and O–H groups in total. The quantitative estimate of drug-likeness (QED) is 0.0835. The van der Waals surface area contributed by atoms with Gasteiger partial charge in [-0.15, -0.1) is 0 Å². The van der Waals surface area contributed by atoms with Crippen LogP contribution in [0.3, 0.4) is 0 Å². The van der Waals surface area contributed by atoms with Crippen molar-refractivity contribution in [1.29, 1.82) is 0 Å². The van der Waals surface area contributed by atoms with Gasteiger partial charge in [0.15, 0.2) is 0 Å². The topological polar surface area (TPSA) is 197 Å². The average molecular weight is 837 g/mol. The number of carboxylic acids is 1. The molecule has 17 nitrogen and oxygen atoms in total. The van der Waals surface area contributed by atoms with Crippen molar-refractivity contribution < 1.29 is 71.6 Å². The number of alkyl carbamates (subject to hydrolysis) is 1. The van der Waals surface area contributed by atoms with Crippen LogP contribution in [0.1, 0.15) is 36.3 Å². The van der Waals surface area contributed by atoms with Gasteiger partial charge < -0.3 is 67.8 Å². The SMILES string of the molecule is COCCOCCOCCOCCOCCOCCOCCOCCOCCOCC(=O)NCCCC[C@H](NC(=O)OCC1c2ccccc2-c2ccccc21)C(=O)O. The van der Waals surface area contributed by atoms with Crippen LogP contribution in [0.2, 0.25) is 0 Å². The van der Waals surface area contributed by atoms with Crippen LogP contribution < -0.4 is 10.6 Å². The first-order valence-corrected chi connectivity index (χ1v) is 20.3. The Morgan fingerprint density at radius 3 is 1.41 bits per heavy atom. The summed E-state index contributed by atoms with van der Waals surface area (Å²) in [5.74, 6) is -1.56. The summed E-state index contributed by atoms with van der Waals surface area (Å²) in [5.41, 5.74) is 4.36. The van der Waals surface area contributed by atoms with E-state index >= 15 is 0 Å². The van der Waals surface area contributed by atoms with E-state index in [-0.39, 0.29) is 38.1 Å². The summed E-state index contributed by atoms with van der Waals surface area (Å²) in [6, 6.07) is 14.9. The van der Waals surface area contributed by atoms with E-state index in [2.05, 4.69) is 10.6 Å². The number of rotatable bonds is 38. The Hall–Kier alpha value is -3.75. The molecular formula is C42H64N2O15. The van der Waals surface area contributed by atoms with E-state index in [0.717, 1.165) is 22.3 Å². The lowest BCUT2D eigenvalue weighted by Gasteiger charge is -2.17. The Labute approximate surface area is 347 Å². The molecule has 1 atom stereocenters. The minimum absolute atomic E-state index is 0.0952. The fraction of sp³-hybridized carbons (Fsp3) is 0.643. The fourth-order valence-corrected chi connectivity index (χ4v) is 5.86. The molecule has 3 rings (SSSR count). The Morgan fingerprint density at radius 1 is 0.576 bits per heavy atom. The zero-order valence-electron chi connectivity index (χ0n) is 34.4. The summed E-state index contributed by atoms with van der Waals surface area (Å²) in [6.07, 6.45) is 0.410. The van der Waals surface area contributed by atoms with Gasteiger partial charge in [0.05, 0.1) is 119 Å². The van der Waals surface area contributed by atoms with Crippen molar-refractivity contribution in [3.63, 3.8) is 0 Å². The van der Waals surface area contributed by atoms with Crippen molar-refractivity contribution >= 4 is 18.0 Å². The normalized spacial score (nSPS) is 12.6. The third kappa shape index (κ3) is 22.4. The third-order valence-electron chi connectivity index (χ3n) is 8.82. The number of benzene rings is 2. The van der Waals surface area contributed by atoms with Crippen molar-refractivity contribution in [2.45, 2.75) is 31.2 Å². The van der Waals surface area contributed by atoms with Crippen LogP contribution in [0.15, 0.2) is 48.5 Å². The van der Waals surface area contributed by atoms with Gasteiger partial charge in [-0.1, -0.05) is 48.5 Å². The largest absolute Gasteiger partial charge is 0.480 e. The number of carboxylic acid groups (broad SMARTS) is 1. The molecule has 0 bridgehead atoms. The van der Waals surface area contributed by atoms with Crippen molar-refractivity contribution in [3.8, 4) is 11.1 Å². The van der Waals surface area contributed by atoms with Gasteiger partial charge in [0.25, 0.3) is 0 Å². The highest BCUT2D eigenvalue weighted by Crippen LogP contribution is 2.44. The number of hydrogen-bond donors (Lipinski definition) is 3. The van der Waals surface area contributed by atoms with Gasteiger partial charge in [-0.05, 0) is 41.5 Å². The smallest absolute Gasteiger partial charge is 0.407 e. The molecule has 0 spiro atoms. The van der Waals surface area contributed by atoms with Crippen molar-refractivity contribution in [2.75, 3.05) is 146 Å². The van der Waals surface area contributed by atoms with Crippen LogP contribution in [0, 0.1) is 0 Å². The number of hydrogen-bond acceptors (Lipinski definition) is 14. The van der Waals surface area contributed by atoms with E-state index in [1.54, 1.807) is 7.11 Å². The summed E-state index contributed by atoms with van der Waals surface area (Å²) < 4.78 is 59.2. The number of ether oxygens (including phenoxy) is 11. The van der Waals surface area contributed by atoms with Crippen LogP contribution in [0.5, 0.6) is 0 Å². The zero-order valence-corrected chi connectivity index (χ0v) is 34.4. The number of aliphatic carboxylic acids is 1. The summed E-state index contributed by atoms with van der Waals surface area (Å²) >= 11 is 0.